The second kappa shape index (κ2) is 6.08. The van der Waals surface area contributed by atoms with Crippen LogP contribution in [0.5, 0.6) is 0 Å². The van der Waals surface area contributed by atoms with Gasteiger partial charge in [0.2, 0.25) is 0 Å². The Kier molecular flexibility index (Phi) is 4.55. The van der Waals surface area contributed by atoms with E-state index in [0.717, 1.165) is 17.8 Å². The first-order chi connectivity index (χ1) is 10.2. The molecule has 0 aromatic carbocycles. The summed E-state index contributed by atoms with van der Waals surface area (Å²) in [5.74, 6) is -1.78. The van der Waals surface area contributed by atoms with E-state index in [1.807, 2.05) is 0 Å². The Morgan fingerprint density at radius 1 is 1.27 bits per heavy atom. The summed E-state index contributed by atoms with van der Waals surface area (Å²) in [5.41, 5.74) is -0.603. The van der Waals surface area contributed by atoms with Crippen molar-refractivity contribution in [3.05, 3.63) is 21.9 Å². The van der Waals surface area contributed by atoms with E-state index in [1.165, 1.54) is 17.0 Å². The number of carbonyl (C=O) groups is 3. The summed E-state index contributed by atoms with van der Waals surface area (Å²) in [6.45, 7) is 5.82. The van der Waals surface area contributed by atoms with Gasteiger partial charge in [0, 0.05) is 6.54 Å². The summed E-state index contributed by atoms with van der Waals surface area (Å²) >= 11 is 0.920. The van der Waals surface area contributed by atoms with Crippen molar-refractivity contribution in [2.45, 2.75) is 45.3 Å². The normalized spacial score (nSPS) is 18.3. The molecule has 1 aromatic heterocycles. The van der Waals surface area contributed by atoms with Crippen molar-refractivity contribution < 1.29 is 24.2 Å². The predicted molar refractivity (Wildman–Crippen MR) is 81.2 cm³/mol. The Morgan fingerprint density at radius 3 is 2.45 bits per heavy atom. The molecule has 1 N–H and O–H groups in total. The zero-order valence-electron chi connectivity index (χ0n) is 12.8. The predicted octanol–water partition coefficient (Wildman–Crippen LogP) is 2.39. The van der Waals surface area contributed by atoms with E-state index < -0.39 is 23.6 Å². The highest BCUT2D eigenvalue weighted by atomic mass is 32.1. The molecule has 1 aromatic rings. The average Bonchev–Trinajstić information content (AvgIpc) is 3.05. The fourth-order valence-electron chi connectivity index (χ4n) is 2.33. The molecule has 1 saturated heterocycles. The van der Waals surface area contributed by atoms with Gasteiger partial charge in [-0.3, -0.25) is 4.79 Å². The van der Waals surface area contributed by atoms with Crippen molar-refractivity contribution >= 4 is 29.2 Å². The molecule has 7 heteroatoms. The summed E-state index contributed by atoms with van der Waals surface area (Å²) in [5, 5.41) is 8.92. The molecule has 22 heavy (non-hydrogen) atoms. The Morgan fingerprint density at radius 2 is 1.91 bits per heavy atom. The van der Waals surface area contributed by atoms with Crippen molar-refractivity contribution in [2.24, 2.45) is 0 Å². The fraction of sp³-hybridized carbons (Fsp3) is 0.533. The summed E-state index contributed by atoms with van der Waals surface area (Å²) in [6, 6.07) is 2.29. The lowest BCUT2D eigenvalue weighted by Gasteiger charge is -2.27. The van der Waals surface area contributed by atoms with Gasteiger partial charge < -0.3 is 14.7 Å². The van der Waals surface area contributed by atoms with Crippen LogP contribution in [0.2, 0.25) is 0 Å². The van der Waals surface area contributed by atoms with Crippen LogP contribution in [0.15, 0.2) is 12.1 Å². The Balaban J connectivity index is 2.14. The molecule has 1 aliphatic rings. The lowest BCUT2D eigenvalue weighted by atomic mass is 10.1. The topological polar surface area (TPSA) is 83.9 Å². The maximum Gasteiger partial charge on any atom is 0.345 e. The number of thiophene rings is 1. The molecule has 0 spiro atoms. The van der Waals surface area contributed by atoms with E-state index in [1.54, 1.807) is 20.8 Å². The zero-order valence-corrected chi connectivity index (χ0v) is 13.6. The summed E-state index contributed by atoms with van der Waals surface area (Å²) < 4.78 is 5.36. The van der Waals surface area contributed by atoms with Gasteiger partial charge in [0.05, 0.1) is 4.88 Å². The van der Waals surface area contributed by atoms with Crippen LogP contribution in [0.25, 0.3) is 0 Å². The third-order valence-corrected chi connectivity index (χ3v) is 4.28. The van der Waals surface area contributed by atoms with Crippen LogP contribution in [0.1, 0.15) is 53.0 Å². The molecule has 2 heterocycles. The third-order valence-electron chi connectivity index (χ3n) is 3.22. The Labute approximate surface area is 132 Å². The van der Waals surface area contributed by atoms with Gasteiger partial charge in [0.25, 0.3) is 5.91 Å². The van der Waals surface area contributed by atoms with Crippen LogP contribution in [0.4, 0.5) is 0 Å². The number of aromatic carboxylic acids is 1. The molecule has 1 atom stereocenters. The van der Waals surface area contributed by atoms with Crippen molar-refractivity contribution in [3.63, 3.8) is 0 Å². The summed E-state index contributed by atoms with van der Waals surface area (Å²) in [6.07, 6.45) is 1.30. The van der Waals surface area contributed by atoms with Crippen LogP contribution in [-0.2, 0) is 9.53 Å². The van der Waals surface area contributed by atoms with E-state index in [4.69, 9.17) is 9.84 Å². The van der Waals surface area contributed by atoms with Gasteiger partial charge in [-0.2, -0.15) is 0 Å². The zero-order chi connectivity index (χ0) is 16.5. The van der Waals surface area contributed by atoms with Gasteiger partial charge in [-0.1, -0.05) is 0 Å². The van der Waals surface area contributed by atoms with Gasteiger partial charge >= 0.3 is 11.9 Å². The lowest BCUT2D eigenvalue weighted by molar-refractivity contribution is -0.159. The van der Waals surface area contributed by atoms with Crippen LogP contribution >= 0.6 is 11.3 Å². The van der Waals surface area contributed by atoms with Crippen molar-refractivity contribution in [1.82, 2.24) is 4.90 Å². The number of hydrogen-bond donors (Lipinski definition) is 1. The first-order valence-electron chi connectivity index (χ1n) is 7.06. The highest BCUT2D eigenvalue weighted by Crippen LogP contribution is 2.26. The number of hydrogen-bond acceptors (Lipinski definition) is 5. The van der Waals surface area contributed by atoms with Gasteiger partial charge in [0.15, 0.2) is 0 Å². The van der Waals surface area contributed by atoms with E-state index >= 15 is 0 Å². The van der Waals surface area contributed by atoms with E-state index in [2.05, 4.69) is 0 Å². The van der Waals surface area contributed by atoms with E-state index in [-0.39, 0.29) is 10.8 Å². The smallest absolute Gasteiger partial charge is 0.345 e. The largest absolute Gasteiger partial charge is 0.477 e. The summed E-state index contributed by atoms with van der Waals surface area (Å²) in [4.78, 5) is 37.5. The quantitative estimate of drug-likeness (QED) is 0.863. The molecule has 1 unspecified atom stereocenters. The minimum Gasteiger partial charge on any atom is -0.477 e. The molecule has 6 nitrogen and oxygen atoms in total. The lowest BCUT2D eigenvalue weighted by Crippen LogP contribution is -2.43. The molecule has 0 bridgehead atoms. The minimum absolute atomic E-state index is 0.108. The van der Waals surface area contributed by atoms with E-state index in [9.17, 15) is 14.4 Å². The Hall–Kier alpha value is -1.89. The highest BCUT2D eigenvalue weighted by molar-refractivity contribution is 7.15. The van der Waals surface area contributed by atoms with Crippen LogP contribution < -0.4 is 0 Å². The molecule has 1 fully saturated rings. The molecule has 1 amide bonds. The number of esters is 1. The monoisotopic (exact) mass is 325 g/mol. The number of ether oxygens (including phenoxy) is 1. The highest BCUT2D eigenvalue weighted by Gasteiger charge is 2.37. The van der Waals surface area contributed by atoms with Crippen molar-refractivity contribution in [3.8, 4) is 0 Å². The van der Waals surface area contributed by atoms with Gasteiger partial charge in [0.1, 0.15) is 16.5 Å². The number of carbonyl (C=O) groups excluding carboxylic acids is 2. The van der Waals surface area contributed by atoms with Crippen LogP contribution in [0, 0.1) is 0 Å². The maximum atomic E-state index is 12.5. The van der Waals surface area contributed by atoms with E-state index in [0.29, 0.717) is 17.8 Å². The maximum absolute atomic E-state index is 12.5. The SMILES string of the molecule is CC(C)(C)OC(=O)C1CCCN1C(=O)c1ccc(C(=O)O)s1. The van der Waals surface area contributed by atoms with Gasteiger partial charge in [-0.15, -0.1) is 11.3 Å². The average molecular weight is 325 g/mol. The standard InChI is InChI=1S/C15H19NO5S/c1-15(2,3)21-14(20)9-5-4-8-16(9)12(17)10-6-7-11(22-10)13(18)19/h6-7,9H,4-5,8H2,1-3H3,(H,18,19). The Bertz CT molecular complexity index is 601. The van der Waals surface area contributed by atoms with Crippen LogP contribution in [-0.4, -0.2) is 46.0 Å². The van der Waals surface area contributed by atoms with Gasteiger partial charge in [-0.25, -0.2) is 9.59 Å². The minimum atomic E-state index is -1.06. The first-order valence-corrected chi connectivity index (χ1v) is 7.87. The number of nitrogens with zero attached hydrogens (tertiary/aromatic N) is 1. The number of carboxylic acid groups (broad SMARTS) is 1. The van der Waals surface area contributed by atoms with Crippen molar-refractivity contribution in [1.29, 1.82) is 0 Å². The molecule has 120 valence electrons. The molecular formula is C15H19NO5S. The van der Waals surface area contributed by atoms with Gasteiger partial charge in [-0.05, 0) is 45.7 Å². The number of likely N-dealkylation sites (tertiary alicyclic amines) is 1. The molecular weight excluding hydrogens is 306 g/mol. The fourth-order valence-corrected chi connectivity index (χ4v) is 3.13. The first kappa shape index (κ1) is 16.5. The van der Waals surface area contributed by atoms with Crippen LogP contribution in [0.3, 0.4) is 0 Å². The molecule has 0 radical (unpaired) electrons. The molecule has 0 saturated carbocycles. The number of rotatable bonds is 3. The molecule has 1 aliphatic heterocycles. The van der Waals surface area contributed by atoms with Crippen molar-refractivity contribution in [2.75, 3.05) is 6.54 Å². The summed E-state index contributed by atoms with van der Waals surface area (Å²) in [7, 11) is 0. The molecule has 2 rings (SSSR count). The molecule has 0 aliphatic carbocycles. The number of carboxylic acids is 1. The second-order valence-corrected chi connectivity index (χ2v) is 7.24. The number of amides is 1. The third kappa shape index (κ3) is 3.65. The second-order valence-electron chi connectivity index (χ2n) is 6.16.